The Morgan fingerprint density at radius 3 is 2.50 bits per heavy atom. The Morgan fingerprint density at radius 1 is 1.21 bits per heavy atom. The second-order valence-electron chi connectivity index (χ2n) is 5.43. The van der Waals surface area contributed by atoms with Gasteiger partial charge in [0.2, 0.25) is 5.60 Å². The normalized spacial score (nSPS) is 11.9. The topological polar surface area (TPSA) is 73.9 Å². The third-order valence-corrected chi connectivity index (χ3v) is 3.77. The van der Waals surface area contributed by atoms with Gasteiger partial charge in [-0.25, -0.2) is 4.79 Å². The summed E-state index contributed by atoms with van der Waals surface area (Å²) in [6.07, 6.45) is 0. The van der Waals surface area contributed by atoms with Crippen molar-refractivity contribution in [3.05, 3.63) is 63.6 Å². The van der Waals surface area contributed by atoms with Crippen LogP contribution in [-0.4, -0.2) is 17.4 Å². The predicted octanol–water partition coefficient (Wildman–Crippen LogP) is 4.12. The fourth-order valence-corrected chi connectivity index (χ4v) is 2.27. The SMILES string of the molecule is CC(C)(Oc1ccc(Cl)cc1)C(=O)O/N=C(/N)c1cccc(Br)c1. The molecule has 0 radical (unpaired) electrons. The molecule has 0 atom stereocenters. The first-order chi connectivity index (χ1) is 11.3. The summed E-state index contributed by atoms with van der Waals surface area (Å²) >= 11 is 9.15. The molecule has 0 unspecified atom stereocenters. The highest BCUT2D eigenvalue weighted by Crippen LogP contribution is 2.22. The minimum Gasteiger partial charge on any atom is -0.476 e. The van der Waals surface area contributed by atoms with E-state index >= 15 is 0 Å². The van der Waals surface area contributed by atoms with E-state index in [2.05, 4.69) is 21.1 Å². The van der Waals surface area contributed by atoms with Crippen molar-refractivity contribution in [3.8, 4) is 5.75 Å². The van der Waals surface area contributed by atoms with Crippen LogP contribution in [0.15, 0.2) is 58.2 Å². The van der Waals surface area contributed by atoms with Gasteiger partial charge in [0.25, 0.3) is 0 Å². The highest BCUT2D eigenvalue weighted by atomic mass is 79.9. The number of ether oxygens (including phenoxy) is 1. The van der Waals surface area contributed by atoms with Gasteiger partial charge in [-0.1, -0.05) is 44.8 Å². The summed E-state index contributed by atoms with van der Waals surface area (Å²) in [5.74, 6) is -0.0902. The van der Waals surface area contributed by atoms with Crippen molar-refractivity contribution >= 4 is 39.3 Å². The lowest BCUT2D eigenvalue weighted by Gasteiger charge is -2.22. The van der Waals surface area contributed by atoms with Crippen molar-refractivity contribution in [2.45, 2.75) is 19.4 Å². The van der Waals surface area contributed by atoms with Crippen molar-refractivity contribution in [1.29, 1.82) is 0 Å². The van der Waals surface area contributed by atoms with Crippen LogP contribution in [0.25, 0.3) is 0 Å². The van der Waals surface area contributed by atoms with Crippen LogP contribution in [0.1, 0.15) is 19.4 Å². The Balaban J connectivity index is 2.04. The fraction of sp³-hybridized carbons (Fsp3) is 0.176. The van der Waals surface area contributed by atoms with Crippen molar-refractivity contribution in [3.63, 3.8) is 0 Å². The molecule has 7 heteroatoms. The monoisotopic (exact) mass is 410 g/mol. The van der Waals surface area contributed by atoms with Gasteiger partial charge < -0.3 is 15.3 Å². The van der Waals surface area contributed by atoms with E-state index in [9.17, 15) is 4.79 Å². The third kappa shape index (κ3) is 4.97. The molecule has 0 aromatic heterocycles. The Kier molecular flexibility index (Phi) is 5.85. The largest absolute Gasteiger partial charge is 0.476 e. The number of carbonyl (C=O) groups is 1. The number of halogens is 2. The average molecular weight is 412 g/mol. The van der Waals surface area contributed by atoms with E-state index in [-0.39, 0.29) is 5.84 Å². The number of amidine groups is 1. The molecule has 0 aliphatic heterocycles. The molecule has 0 fully saturated rings. The Morgan fingerprint density at radius 2 is 1.88 bits per heavy atom. The molecule has 0 aliphatic rings. The van der Waals surface area contributed by atoms with Crippen LogP contribution >= 0.6 is 27.5 Å². The molecule has 2 N–H and O–H groups in total. The van der Waals surface area contributed by atoms with Gasteiger partial charge in [0.1, 0.15) is 5.75 Å². The molecule has 0 bridgehead atoms. The molecule has 0 spiro atoms. The second kappa shape index (κ2) is 7.68. The number of rotatable bonds is 5. The van der Waals surface area contributed by atoms with Crippen LogP contribution in [0.3, 0.4) is 0 Å². The van der Waals surface area contributed by atoms with Crippen LogP contribution in [0.5, 0.6) is 5.75 Å². The lowest BCUT2D eigenvalue weighted by Crippen LogP contribution is -2.39. The number of carbonyl (C=O) groups excluding carboxylic acids is 1. The first-order valence-corrected chi connectivity index (χ1v) is 8.20. The molecular formula is C17H16BrClN2O3. The van der Waals surface area contributed by atoms with E-state index in [0.29, 0.717) is 16.3 Å². The van der Waals surface area contributed by atoms with E-state index in [1.165, 1.54) is 0 Å². The van der Waals surface area contributed by atoms with Gasteiger partial charge in [0.05, 0.1) is 0 Å². The minimum absolute atomic E-state index is 0.0898. The Bertz CT molecular complexity index is 761. The number of benzene rings is 2. The van der Waals surface area contributed by atoms with Gasteiger partial charge in [-0.2, -0.15) is 0 Å². The zero-order valence-corrected chi connectivity index (χ0v) is 15.5. The zero-order chi connectivity index (χ0) is 17.7. The van der Waals surface area contributed by atoms with Gasteiger partial charge in [-0.15, -0.1) is 0 Å². The predicted molar refractivity (Wildman–Crippen MR) is 97.1 cm³/mol. The lowest BCUT2D eigenvalue weighted by atomic mass is 10.1. The maximum Gasteiger partial charge on any atom is 0.377 e. The molecule has 2 aromatic rings. The molecule has 0 saturated heterocycles. The van der Waals surface area contributed by atoms with E-state index in [1.54, 1.807) is 56.3 Å². The highest BCUT2D eigenvalue weighted by Gasteiger charge is 2.32. The van der Waals surface area contributed by atoms with Gasteiger partial charge in [-0.05, 0) is 50.2 Å². The summed E-state index contributed by atoms with van der Waals surface area (Å²) in [7, 11) is 0. The van der Waals surface area contributed by atoms with Crippen LogP contribution in [0.4, 0.5) is 0 Å². The van der Waals surface area contributed by atoms with Crippen LogP contribution in [0, 0.1) is 0 Å². The van der Waals surface area contributed by atoms with E-state index in [4.69, 9.17) is 26.9 Å². The van der Waals surface area contributed by atoms with E-state index < -0.39 is 11.6 Å². The van der Waals surface area contributed by atoms with Crippen LogP contribution in [-0.2, 0) is 9.63 Å². The van der Waals surface area contributed by atoms with Gasteiger partial charge in [0, 0.05) is 15.1 Å². The molecule has 5 nitrogen and oxygen atoms in total. The smallest absolute Gasteiger partial charge is 0.377 e. The van der Waals surface area contributed by atoms with Crippen molar-refractivity contribution < 1.29 is 14.4 Å². The number of hydrogen-bond acceptors (Lipinski definition) is 4. The molecule has 0 heterocycles. The Hall–Kier alpha value is -2.05. The van der Waals surface area contributed by atoms with Crippen molar-refractivity contribution in [2.24, 2.45) is 10.9 Å². The summed E-state index contributed by atoms with van der Waals surface area (Å²) in [4.78, 5) is 17.1. The molecule has 24 heavy (non-hydrogen) atoms. The molecule has 0 aliphatic carbocycles. The number of hydrogen-bond donors (Lipinski definition) is 1. The lowest BCUT2D eigenvalue weighted by molar-refractivity contribution is -0.159. The van der Waals surface area contributed by atoms with E-state index in [0.717, 1.165) is 4.47 Å². The number of nitrogens with zero attached hydrogens (tertiary/aromatic N) is 1. The average Bonchev–Trinajstić information content (AvgIpc) is 2.54. The van der Waals surface area contributed by atoms with Gasteiger partial charge >= 0.3 is 5.97 Å². The van der Waals surface area contributed by atoms with Gasteiger partial charge in [-0.3, -0.25) is 0 Å². The first-order valence-electron chi connectivity index (χ1n) is 7.03. The van der Waals surface area contributed by atoms with Crippen molar-refractivity contribution in [1.82, 2.24) is 0 Å². The van der Waals surface area contributed by atoms with Crippen molar-refractivity contribution in [2.75, 3.05) is 0 Å². The third-order valence-electron chi connectivity index (χ3n) is 3.03. The molecule has 126 valence electrons. The second-order valence-corrected chi connectivity index (χ2v) is 6.78. The van der Waals surface area contributed by atoms with Crippen LogP contribution in [0.2, 0.25) is 5.02 Å². The van der Waals surface area contributed by atoms with Gasteiger partial charge in [0.15, 0.2) is 5.84 Å². The summed E-state index contributed by atoms with van der Waals surface area (Å²) in [6.45, 7) is 3.16. The molecule has 2 rings (SSSR count). The summed E-state index contributed by atoms with van der Waals surface area (Å²) in [5.41, 5.74) is 5.21. The fourth-order valence-electron chi connectivity index (χ4n) is 1.74. The summed E-state index contributed by atoms with van der Waals surface area (Å²) in [5, 5.41) is 4.26. The first kappa shape index (κ1) is 18.3. The molecular weight excluding hydrogens is 396 g/mol. The zero-order valence-electron chi connectivity index (χ0n) is 13.1. The molecule has 2 aromatic carbocycles. The molecule has 0 amide bonds. The summed E-state index contributed by atoms with van der Waals surface area (Å²) < 4.78 is 6.47. The highest BCUT2D eigenvalue weighted by molar-refractivity contribution is 9.10. The quantitative estimate of drug-likeness (QED) is 0.347. The number of oxime groups is 1. The molecule has 0 saturated carbocycles. The Labute approximate surface area is 153 Å². The number of nitrogens with two attached hydrogens (primary N) is 1. The minimum atomic E-state index is -1.24. The van der Waals surface area contributed by atoms with E-state index in [1.807, 2.05) is 6.07 Å². The summed E-state index contributed by atoms with van der Waals surface area (Å²) in [6, 6.07) is 13.8. The van der Waals surface area contributed by atoms with Crippen LogP contribution < -0.4 is 10.5 Å². The standard InChI is InChI=1S/C17H16BrClN2O3/c1-17(2,23-14-8-6-13(19)7-9-14)16(22)24-21-15(20)11-4-3-5-12(18)10-11/h3-10H,1-2H3,(H2,20,21). The maximum absolute atomic E-state index is 12.2. The maximum atomic E-state index is 12.2.